The molecule has 1 aliphatic carbocycles. The first kappa shape index (κ1) is 14.2. The van der Waals surface area contributed by atoms with Gasteiger partial charge in [0.25, 0.3) is 5.91 Å². The average molecular weight is 292 g/mol. The van der Waals surface area contributed by atoms with Crippen LogP contribution in [0.4, 0.5) is 0 Å². The van der Waals surface area contributed by atoms with Gasteiger partial charge >= 0.3 is 0 Å². The Morgan fingerprint density at radius 1 is 1.23 bits per heavy atom. The van der Waals surface area contributed by atoms with Gasteiger partial charge in [0, 0.05) is 0 Å². The van der Waals surface area contributed by atoms with Gasteiger partial charge in [-0.3, -0.25) is 4.79 Å². The van der Waals surface area contributed by atoms with Crippen LogP contribution in [0.25, 0.3) is 0 Å². The summed E-state index contributed by atoms with van der Waals surface area (Å²) >= 11 is 0. The third-order valence-corrected chi connectivity index (χ3v) is 3.83. The molecule has 110 valence electrons. The number of hydrogen-bond acceptors (Lipinski definition) is 3. The number of carbonyl (C=O) groups is 1. The molecule has 2 aromatic rings. The lowest BCUT2D eigenvalue weighted by Gasteiger charge is -2.14. The summed E-state index contributed by atoms with van der Waals surface area (Å²) in [7, 11) is 0. The molecular weight excluding hydrogens is 276 g/mol. The van der Waals surface area contributed by atoms with Crippen molar-refractivity contribution in [2.24, 2.45) is 0 Å². The fourth-order valence-corrected chi connectivity index (χ4v) is 2.77. The molecule has 22 heavy (non-hydrogen) atoms. The molecule has 0 heterocycles. The third-order valence-electron chi connectivity index (χ3n) is 3.83. The predicted molar refractivity (Wildman–Crippen MR) is 82.3 cm³/mol. The number of aryl methyl sites for hydroxylation is 1. The average Bonchev–Trinajstić information content (AvgIpc) is 2.96. The second-order valence-corrected chi connectivity index (χ2v) is 5.25. The molecule has 0 unspecified atom stereocenters. The van der Waals surface area contributed by atoms with Crippen LogP contribution >= 0.6 is 0 Å². The lowest BCUT2D eigenvalue weighted by molar-refractivity contribution is -0.123. The van der Waals surface area contributed by atoms with Crippen LogP contribution in [0.1, 0.15) is 29.2 Å². The first-order chi connectivity index (χ1) is 10.8. The Hall–Kier alpha value is -2.80. The molecule has 1 N–H and O–H groups in total. The molecule has 4 heteroatoms. The number of rotatable bonds is 4. The van der Waals surface area contributed by atoms with E-state index in [1.165, 1.54) is 11.1 Å². The summed E-state index contributed by atoms with van der Waals surface area (Å²) in [5, 5.41) is 12.0. The normalized spacial score (nSPS) is 15.7. The van der Waals surface area contributed by atoms with Crippen molar-refractivity contribution in [3.8, 4) is 11.8 Å². The van der Waals surface area contributed by atoms with Crippen molar-refractivity contribution in [2.75, 3.05) is 6.61 Å². The van der Waals surface area contributed by atoms with Crippen LogP contribution < -0.4 is 10.1 Å². The molecule has 1 amide bonds. The minimum atomic E-state index is -0.172. The first-order valence-electron chi connectivity index (χ1n) is 7.27. The molecule has 3 rings (SSSR count). The van der Waals surface area contributed by atoms with E-state index in [0.717, 1.165) is 12.8 Å². The van der Waals surface area contributed by atoms with Crippen LogP contribution in [-0.4, -0.2) is 12.5 Å². The summed E-state index contributed by atoms with van der Waals surface area (Å²) in [4.78, 5) is 12.1. The van der Waals surface area contributed by atoms with E-state index in [9.17, 15) is 4.79 Å². The van der Waals surface area contributed by atoms with Gasteiger partial charge in [-0.05, 0) is 36.1 Å². The standard InChI is InChI=1S/C18H16N2O2/c19-11-14-6-2-4-8-17(14)22-12-18(21)20-16-10-9-13-5-1-3-7-15(13)16/h1-8,16H,9-10,12H2,(H,20,21)/t16-/m0/s1. The molecule has 1 aliphatic rings. The monoisotopic (exact) mass is 292 g/mol. The highest BCUT2D eigenvalue weighted by molar-refractivity contribution is 5.78. The van der Waals surface area contributed by atoms with Crippen LogP contribution in [0.2, 0.25) is 0 Å². The van der Waals surface area contributed by atoms with E-state index in [0.29, 0.717) is 11.3 Å². The molecule has 0 aliphatic heterocycles. The third kappa shape index (κ3) is 2.94. The maximum Gasteiger partial charge on any atom is 0.258 e. The summed E-state index contributed by atoms with van der Waals surface area (Å²) in [6, 6.07) is 17.2. The number of nitrogens with zero attached hydrogens (tertiary/aromatic N) is 1. The first-order valence-corrected chi connectivity index (χ1v) is 7.27. The zero-order valence-corrected chi connectivity index (χ0v) is 12.1. The van der Waals surface area contributed by atoms with Crippen LogP contribution in [0.15, 0.2) is 48.5 Å². The number of ether oxygens (including phenoxy) is 1. The van der Waals surface area contributed by atoms with Crippen LogP contribution in [0.3, 0.4) is 0 Å². The Morgan fingerprint density at radius 3 is 2.86 bits per heavy atom. The highest BCUT2D eigenvalue weighted by atomic mass is 16.5. The van der Waals surface area contributed by atoms with Crippen LogP contribution in [-0.2, 0) is 11.2 Å². The molecule has 0 spiro atoms. The maximum absolute atomic E-state index is 12.1. The van der Waals surface area contributed by atoms with E-state index in [1.807, 2.05) is 18.2 Å². The molecule has 0 fully saturated rings. The van der Waals surface area contributed by atoms with Crippen molar-refractivity contribution < 1.29 is 9.53 Å². The van der Waals surface area contributed by atoms with Gasteiger partial charge in [-0.15, -0.1) is 0 Å². The minimum Gasteiger partial charge on any atom is -0.482 e. The number of nitriles is 1. The van der Waals surface area contributed by atoms with Gasteiger partial charge in [0.15, 0.2) is 6.61 Å². The summed E-state index contributed by atoms with van der Waals surface area (Å²) in [5.41, 5.74) is 2.92. The quantitative estimate of drug-likeness (QED) is 0.942. The zero-order valence-electron chi connectivity index (χ0n) is 12.1. The number of amides is 1. The van der Waals surface area contributed by atoms with E-state index < -0.39 is 0 Å². The number of fused-ring (bicyclic) bond motifs is 1. The molecule has 2 aromatic carbocycles. The van der Waals surface area contributed by atoms with E-state index in [4.69, 9.17) is 10.00 Å². The summed E-state index contributed by atoms with van der Waals surface area (Å²) in [5.74, 6) is 0.265. The van der Waals surface area contributed by atoms with Gasteiger partial charge in [-0.25, -0.2) is 0 Å². The molecular formula is C18H16N2O2. The number of benzene rings is 2. The van der Waals surface area contributed by atoms with E-state index in [-0.39, 0.29) is 18.6 Å². The van der Waals surface area contributed by atoms with Crippen molar-refractivity contribution in [2.45, 2.75) is 18.9 Å². The summed E-state index contributed by atoms with van der Waals surface area (Å²) in [6.45, 7) is -0.0860. The van der Waals surface area contributed by atoms with Crippen LogP contribution in [0.5, 0.6) is 5.75 Å². The second kappa shape index (κ2) is 6.31. The Balaban J connectivity index is 1.59. The number of para-hydroxylation sites is 1. The molecule has 1 atom stereocenters. The highest BCUT2D eigenvalue weighted by Gasteiger charge is 2.23. The fraction of sp³-hybridized carbons (Fsp3) is 0.222. The van der Waals surface area contributed by atoms with Gasteiger partial charge in [0.1, 0.15) is 11.8 Å². The predicted octanol–water partition coefficient (Wildman–Crippen LogP) is 2.74. The minimum absolute atomic E-state index is 0.0542. The zero-order chi connectivity index (χ0) is 15.4. The molecule has 0 saturated carbocycles. The molecule has 0 saturated heterocycles. The highest BCUT2D eigenvalue weighted by Crippen LogP contribution is 2.30. The van der Waals surface area contributed by atoms with Crippen molar-refractivity contribution in [3.05, 3.63) is 65.2 Å². The van der Waals surface area contributed by atoms with Gasteiger partial charge in [0.05, 0.1) is 11.6 Å². The van der Waals surface area contributed by atoms with Gasteiger partial charge < -0.3 is 10.1 Å². The van der Waals surface area contributed by atoms with E-state index in [2.05, 4.69) is 17.4 Å². The molecule has 0 radical (unpaired) electrons. The summed E-state index contributed by atoms with van der Waals surface area (Å²) in [6.07, 6.45) is 1.90. The van der Waals surface area contributed by atoms with Crippen molar-refractivity contribution in [1.29, 1.82) is 5.26 Å². The number of hydrogen-bond donors (Lipinski definition) is 1. The maximum atomic E-state index is 12.1. The van der Waals surface area contributed by atoms with Crippen LogP contribution in [0, 0.1) is 11.3 Å². The summed E-state index contributed by atoms with van der Waals surface area (Å²) < 4.78 is 5.45. The lowest BCUT2D eigenvalue weighted by Crippen LogP contribution is -2.31. The van der Waals surface area contributed by atoms with Gasteiger partial charge in [-0.2, -0.15) is 5.26 Å². The van der Waals surface area contributed by atoms with Crippen molar-refractivity contribution >= 4 is 5.91 Å². The number of carbonyl (C=O) groups excluding carboxylic acids is 1. The lowest BCUT2D eigenvalue weighted by atomic mass is 10.1. The van der Waals surface area contributed by atoms with Gasteiger partial charge in [0.2, 0.25) is 0 Å². The second-order valence-electron chi connectivity index (χ2n) is 5.25. The number of nitrogens with one attached hydrogen (secondary N) is 1. The van der Waals surface area contributed by atoms with E-state index >= 15 is 0 Å². The van der Waals surface area contributed by atoms with E-state index in [1.54, 1.807) is 24.3 Å². The Labute approximate surface area is 129 Å². The Morgan fingerprint density at radius 2 is 2.00 bits per heavy atom. The smallest absolute Gasteiger partial charge is 0.258 e. The Kier molecular flexibility index (Phi) is 4.06. The Bertz CT molecular complexity index is 734. The fourth-order valence-electron chi connectivity index (χ4n) is 2.77. The molecule has 0 aromatic heterocycles. The molecule has 4 nitrogen and oxygen atoms in total. The van der Waals surface area contributed by atoms with Crippen molar-refractivity contribution in [3.63, 3.8) is 0 Å². The molecule has 0 bridgehead atoms. The largest absolute Gasteiger partial charge is 0.482 e. The SMILES string of the molecule is N#Cc1ccccc1OCC(=O)N[C@H]1CCc2ccccc21. The van der Waals surface area contributed by atoms with Gasteiger partial charge in [-0.1, -0.05) is 36.4 Å². The topological polar surface area (TPSA) is 62.1 Å². The van der Waals surface area contributed by atoms with Crippen molar-refractivity contribution in [1.82, 2.24) is 5.32 Å².